The van der Waals surface area contributed by atoms with Crippen LogP contribution in [0.2, 0.25) is 0 Å². The minimum absolute atomic E-state index is 0.0198. The summed E-state index contributed by atoms with van der Waals surface area (Å²) in [6.45, 7) is 0.441. The zero-order valence-electron chi connectivity index (χ0n) is 12.6. The van der Waals surface area contributed by atoms with E-state index in [1.54, 1.807) is 19.2 Å². The Balaban J connectivity index is 1.80. The van der Waals surface area contributed by atoms with E-state index in [1.165, 1.54) is 12.1 Å². The van der Waals surface area contributed by atoms with E-state index < -0.39 is 4.92 Å². The number of methoxy groups -OCH3 is 1. The van der Waals surface area contributed by atoms with Crippen molar-refractivity contribution in [2.45, 2.75) is 6.54 Å². The summed E-state index contributed by atoms with van der Waals surface area (Å²) in [7, 11) is 1.59. The average Bonchev–Trinajstić information content (AvgIpc) is 2.58. The number of nitro groups is 1. The molecule has 0 saturated heterocycles. The molecular formula is C16H17N3O4. The molecule has 2 aromatic rings. The molecule has 0 fully saturated rings. The highest BCUT2D eigenvalue weighted by Crippen LogP contribution is 2.16. The Bertz CT molecular complexity index is 686. The number of amides is 1. The Morgan fingerprint density at radius 3 is 2.61 bits per heavy atom. The molecular weight excluding hydrogens is 298 g/mol. The van der Waals surface area contributed by atoms with Crippen molar-refractivity contribution in [1.82, 2.24) is 5.32 Å². The lowest BCUT2D eigenvalue weighted by Crippen LogP contribution is -2.29. The highest BCUT2D eigenvalue weighted by Gasteiger charge is 2.06. The Hall–Kier alpha value is -3.09. The van der Waals surface area contributed by atoms with E-state index in [0.29, 0.717) is 12.2 Å². The van der Waals surface area contributed by atoms with Crippen molar-refractivity contribution in [3.05, 3.63) is 64.2 Å². The summed E-state index contributed by atoms with van der Waals surface area (Å²) in [5.41, 5.74) is 1.46. The first-order chi connectivity index (χ1) is 11.1. The highest BCUT2D eigenvalue weighted by molar-refractivity contribution is 5.80. The number of rotatable bonds is 7. The van der Waals surface area contributed by atoms with Gasteiger partial charge in [0.05, 0.1) is 18.6 Å². The maximum Gasteiger partial charge on any atom is 0.271 e. The van der Waals surface area contributed by atoms with E-state index >= 15 is 0 Å². The van der Waals surface area contributed by atoms with Gasteiger partial charge in [-0.05, 0) is 23.8 Å². The molecule has 0 radical (unpaired) electrons. The van der Waals surface area contributed by atoms with E-state index in [4.69, 9.17) is 4.74 Å². The number of nitrogens with one attached hydrogen (secondary N) is 2. The van der Waals surface area contributed by atoms with Gasteiger partial charge in [0.2, 0.25) is 5.91 Å². The summed E-state index contributed by atoms with van der Waals surface area (Å²) in [4.78, 5) is 22.0. The van der Waals surface area contributed by atoms with Gasteiger partial charge in [-0.25, -0.2) is 0 Å². The smallest absolute Gasteiger partial charge is 0.271 e. The number of anilines is 1. The van der Waals surface area contributed by atoms with E-state index in [9.17, 15) is 14.9 Å². The number of benzene rings is 2. The SMILES string of the molecule is COc1ccc(CNC(=O)CNc2cccc([N+](=O)[O-])c2)cc1. The van der Waals surface area contributed by atoms with E-state index in [1.807, 2.05) is 24.3 Å². The molecule has 0 heterocycles. The lowest BCUT2D eigenvalue weighted by Gasteiger charge is -2.08. The van der Waals surface area contributed by atoms with Crippen LogP contribution in [0.4, 0.5) is 11.4 Å². The average molecular weight is 315 g/mol. The van der Waals surface area contributed by atoms with Crippen molar-refractivity contribution >= 4 is 17.3 Å². The fourth-order valence-electron chi connectivity index (χ4n) is 1.92. The van der Waals surface area contributed by atoms with E-state index in [-0.39, 0.29) is 18.1 Å². The number of hydrogen-bond donors (Lipinski definition) is 2. The van der Waals surface area contributed by atoms with Crippen LogP contribution in [-0.4, -0.2) is 24.5 Å². The van der Waals surface area contributed by atoms with Crippen LogP contribution in [0.25, 0.3) is 0 Å². The van der Waals surface area contributed by atoms with Crippen LogP contribution in [0, 0.1) is 10.1 Å². The molecule has 7 heteroatoms. The number of nitro benzene ring substituents is 1. The van der Waals surface area contributed by atoms with Gasteiger partial charge >= 0.3 is 0 Å². The van der Waals surface area contributed by atoms with Gasteiger partial charge in [0.1, 0.15) is 5.75 Å². The standard InChI is InChI=1S/C16H17N3O4/c1-23-15-7-5-12(6-8-15)10-18-16(20)11-17-13-3-2-4-14(9-13)19(21)22/h2-9,17H,10-11H2,1H3,(H,18,20). The van der Waals surface area contributed by atoms with Gasteiger partial charge in [-0.15, -0.1) is 0 Å². The van der Waals surface area contributed by atoms with Gasteiger partial charge in [0.15, 0.2) is 0 Å². The Kier molecular flexibility index (Phi) is 5.51. The molecule has 7 nitrogen and oxygen atoms in total. The van der Waals surface area contributed by atoms with Crippen molar-refractivity contribution in [3.8, 4) is 5.75 Å². The largest absolute Gasteiger partial charge is 0.497 e. The summed E-state index contributed by atoms with van der Waals surface area (Å²) >= 11 is 0. The van der Waals surface area contributed by atoms with E-state index in [0.717, 1.165) is 11.3 Å². The normalized spacial score (nSPS) is 9.96. The molecule has 1 amide bonds. The summed E-state index contributed by atoms with van der Waals surface area (Å²) in [6.07, 6.45) is 0. The zero-order chi connectivity index (χ0) is 16.7. The molecule has 0 aliphatic carbocycles. The third kappa shape index (κ3) is 4.99. The molecule has 0 atom stereocenters. The summed E-state index contributed by atoms with van der Waals surface area (Å²) in [5, 5.41) is 16.3. The molecule has 2 aromatic carbocycles. The Labute approximate surface area is 133 Å². The molecule has 120 valence electrons. The van der Waals surface area contributed by atoms with Crippen LogP contribution >= 0.6 is 0 Å². The molecule has 0 aliphatic rings. The van der Waals surface area contributed by atoms with Crippen LogP contribution in [0.15, 0.2) is 48.5 Å². The topological polar surface area (TPSA) is 93.5 Å². The lowest BCUT2D eigenvalue weighted by atomic mass is 10.2. The predicted octanol–water partition coefficient (Wildman–Crippen LogP) is 2.33. The predicted molar refractivity (Wildman–Crippen MR) is 86.4 cm³/mol. The molecule has 0 spiro atoms. The van der Waals surface area contributed by atoms with Crippen molar-refractivity contribution in [3.63, 3.8) is 0 Å². The van der Waals surface area contributed by atoms with Crippen LogP contribution in [-0.2, 0) is 11.3 Å². The maximum atomic E-state index is 11.8. The molecule has 0 aromatic heterocycles. The first-order valence-corrected chi connectivity index (χ1v) is 6.96. The second kappa shape index (κ2) is 7.79. The lowest BCUT2D eigenvalue weighted by molar-refractivity contribution is -0.384. The zero-order valence-corrected chi connectivity index (χ0v) is 12.6. The Morgan fingerprint density at radius 2 is 1.96 bits per heavy atom. The van der Waals surface area contributed by atoms with Gasteiger partial charge in [-0.3, -0.25) is 14.9 Å². The second-order valence-corrected chi connectivity index (χ2v) is 4.79. The maximum absolute atomic E-state index is 11.8. The summed E-state index contributed by atoms with van der Waals surface area (Å²) < 4.78 is 5.06. The molecule has 0 bridgehead atoms. The third-order valence-corrected chi connectivity index (χ3v) is 3.16. The van der Waals surface area contributed by atoms with Gasteiger partial charge in [-0.1, -0.05) is 18.2 Å². The van der Waals surface area contributed by atoms with Gasteiger partial charge in [0.25, 0.3) is 5.69 Å². The third-order valence-electron chi connectivity index (χ3n) is 3.16. The minimum Gasteiger partial charge on any atom is -0.497 e. The first-order valence-electron chi connectivity index (χ1n) is 6.96. The first kappa shape index (κ1) is 16.3. The number of carbonyl (C=O) groups is 1. The van der Waals surface area contributed by atoms with Crippen LogP contribution in [0.3, 0.4) is 0 Å². The second-order valence-electron chi connectivity index (χ2n) is 4.79. The summed E-state index contributed by atoms with van der Waals surface area (Å²) in [6, 6.07) is 13.4. The number of nitrogens with zero attached hydrogens (tertiary/aromatic N) is 1. The molecule has 2 N–H and O–H groups in total. The van der Waals surface area contributed by atoms with Crippen LogP contribution < -0.4 is 15.4 Å². The molecule has 0 aliphatic heterocycles. The number of ether oxygens (including phenoxy) is 1. The highest BCUT2D eigenvalue weighted by atomic mass is 16.6. The fraction of sp³-hybridized carbons (Fsp3) is 0.188. The van der Waals surface area contributed by atoms with Crippen LogP contribution in [0.5, 0.6) is 5.75 Å². The number of carbonyl (C=O) groups excluding carboxylic acids is 1. The molecule has 2 rings (SSSR count). The monoisotopic (exact) mass is 315 g/mol. The fourth-order valence-corrected chi connectivity index (χ4v) is 1.92. The number of non-ortho nitro benzene ring substituents is 1. The minimum atomic E-state index is -0.477. The van der Waals surface area contributed by atoms with Gasteiger partial charge < -0.3 is 15.4 Å². The van der Waals surface area contributed by atoms with Crippen molar-refractivity contribution in [2.24, 2.45) is 0 Å². The molecule has 23 heavy (non-hydrogen) atoms. The van der Waals surface area contributed by atoms with Gasteiger partial charge in [0, 0.05) is 24.4 Å². The van der Waals surface area contributed by atoms with Gasteiger partial charge in [-0.2, -0.15) is 0 Å². The van der Waals surface area contributed by atoms with E-state index in [2.05, 4.69) is 10.6 Å². The molecule has 0 saturated carbocycles. The van der Waals surface area contributed by atoms with Crippen LogP contribution in [0.1, 0.15) is 5.56 Å². The van der Waals surface area contributed by atoms with Crippen molar-refractivity contribution in [2.75, 3.05) is 19.0 Å². The number of hydrogen-bond acceptors (Lipinski definition) is 5. The Morgan fingerprint density at radius 1 is 1.22 bits per heavy atom. The quantitative estimate of drug-likeness (QED) is 0.604. The van der Waals surface area contributed by atoms with Crippen molar-refractivity contribution < 1.29 is 14.5 Å². The molecule has 0 unspecified atom stereocenters. The van der Waals surface area contributed by atoms with Crippen molar-refractivity contribution in [1.29, 1.82) is 0 Å². The summed E-state index contributed by atoms with van der Waals surface area (Å²) in [5.74, 6) is 0.555.